The molecular formula is C25H27N3O. The molecule has 0 spiro atoms. The monoisotopic (exact) mass is 385 g/mol. The largest absolute Gasteiger partial charge is 0.349 e. The highest BCUT2D eigenvalue weighted by Gasteiger charge is 2.42. The number of benzene rings is 2. The number of hydrogen-bond acceptors (Lipinski definition) is 2. The first kappa shape index (κ1) is 18.2. The molecule has 4 atom stereocenters. The molecular weight excluding hydrogens is 358 g/mol. The highest BCUT2D eigenvalue weighted by atomic mass is 16.1. The van der Waals surface area contributed by atoms with Crippen LogP contribution in [-0.4, -0.2) is 21.7 Å². The summed E-state index contributed by atoms with van der Waals surface area (Å²) in [6.07, 6.45) is 7.19. The quantitative estimate of drug-likeness (QED) is 0.665. The second kappa shape index (κ2) is 7.51. The van der Waals surface area contributed by atoms with Crippen molar-refractivity contribution in [2.75, 3.05) is 0 Å². The molecule has 1 aromatic heterocycles. The minimum absolute atomic E-state index is 0.0266. The van der Waals surface area contributed by atoms with Crippen LogP contribution >= 0.6 is 0 Å². The summed E-state index contributed by atoms with van der Waals surface area (Å²) in [5.74, 6) is 2.25. The lowest BCUT2D eigenvalue weighted by Gasteiger charge is -2.28. The third-order valence-corrected chi connectivity index (χ3v) is 6.82. The normalized spacial score (nSPS) is 23.8. The molecule has 2 bridgehead atoms. The Morgan fingerprint density at radius 1 is 1.03 bits per heavy atom. The average molecular weight is 386 g/mol. The van der Waals surface area contributed by atoms with Crippen molar-refractivity contribution >= 4 is 5.91 Å². The molecule has 1 heterocycles. The molecule has 5 rings (SSSR count). The highest BCUT2D eigenvalue weighted by molar-refractivity contribution is 6.00. The summed E-state index contributed by atoms with van der Waals surface area (Å²) < 4.78 is 1.81. The van der Waals surface area contributed by atoms with E-state index in [4.69, 9.17) is 5.10 Å². The Bertz CT molecular complexity index is 995. The number of carbonyl (C=O) groups is 1. The molecule has 2 fully saturated rings. The Hall–Kier alpha value is -2.88. The molecule has 148 valence electrons. The van der Waals surface area contributed by atoms with E-state index in [1.54, 1.807) is 4.68 Å². The fourth-order valence-corrected chi connectivity index (χ4v) is 5.36. The van der Waals surface area contributed by atoms with E-state index in [1.165, 1.54) is 25.7 Å². The standard InChI is InChI=1S/C25H27N3O/c1-17(22-15-18-12-13-20(22)14-18)26-25(29)23-16-28(21-10-6-3-7-11-21)27-24(23)19-8-4-2-5-9-19/h2-11,16-18,20,22H,12-15H2,1H3,(H,26,29)/t17-,18+,20+,22-/m1/s1. The van der Waals surface area contributed by atoms with Gasteiger partial charge in [0.05, 0.1) is 11.3 Å². The number of rotatable bonds is 5. The van der Waals surface area contributed by atoms with Gasteiger partial charge in [0, 0.05) is 17.8 Å². The molecule has 2 aliphatic carbocycles. The lowest BCUT2D eigenvalue weighted by Crippen LogP contribution is -2.40. The Morgan fingerprint density at radius 3 is 2.41 bits per heavy atom. The second-order valence-electron chi connectivity index (χ2n) is 8.64. The fourth-order valence-electron chi connectivity index (χ4n) is 5.36. The molecule has 0 radical (unpaired) electrons. The zero-order valence-corrected chi connectivity index (χ0v) is 16.8. The number of para-hydroxylation sites is 1. The van der Waals surface area contributed by atoms with E-state index in [9.17, 15) is 4.79 Å². The first-order chi connectivity index (χ1) is 14.2. The highest BCUT2D eigenvalue weighted by Crippen LogP contribution is 2.49. The van der Waals surface area contributed by atoms with Crippen LogP contribution in [0.15, 0.2) is 66.9 Å². The van der Waals surface area contributed by atoms with Gasteiger partial charge >= 0.3 is 0 Å². The van der Waals surface area contributed by atoms with E-state index in [0.717, 1.165) is 28.8 Å². The number of hydrogen-bond donors (Lipinski definition) is 1. The molecule has 0 aliphatic heterocycles. The number of aromatic nitrogens is 2. The van der Waals surface area contributed by atoms with Crippen molar-refractivity contribution in [1.29, 1.82) is 0 Å². The van der Waals surface area contributed by atoms with Gasteiger partial charge in [-0.3, -0.25) is 4.79 Å². The number of nitrogens with zero attached hydrogens (tertiary/aromatic N) is 2. The van der Waals surface area contributed by atoms with E-state index < -0.39 is 0 Å². The van der Waals surface area contributed by atoms with E-state index in [2.05, 4.69) is 12.2 Å². The van der Waals surface area contributed by atoms with Crippen LogP contribution in [0.4, 0.5) is 0 Å². The van der Waals surface area contributed by atoms with Crippen LogP contribution in [0, 0.1) is 17.8 Å². The SMILES string of the molecule is C[C@@H](NC(=O)c1cn(-c2ccccc2)nc1-c1ccccc1)[C@H]1C[C@H]2CC[C@H]1C2. The van der Waals surface area contributed by atoms with E-state index in [0.29, 0.717) is 11.5 Å². The van der Waals surface area contributed by atoms with Gasteiger partial charge in [-0.15, -0.1) is 0 Å². The van der Waals surface area contributed by atoms with Gasteiger partial charge in [0.25, 0.3) is 5.91 Å². The third-order valence-electron chi connectivity index (χ3n) is 6.82. The molecule has 2 aliphatic rings. The topological polar surface area (TPSA) is 46.9 Å². The van der Waals surface area contributed by atoms with E-state index in [1.807, 2.05) is 66.9 Å². The van der Waals surface area contributed by atoms with Gasteiger partial charge in [-0.25, -0.2) is 4.68 Å². The zero-order valence-electron chi connectivity index (χ0n) is 16.8. The van der Waals surface area contributed by atoms with Crippen molar-refractivity contribution in [3.8, 4) is 16.9 Å². The van der Waals surface area contributed by atoms with Crippen LogP contribution < -0.4 is 5.32 Å². The third kappa shape index (κ3) is 3.48. The van der Waals surface area contributed by atoms with Gasteiger partial charge in [-0.05, 0) is 56.1 Å². The maximum Gasteiger partial charge on any atom is 0.255 e. The zero-order chi connectivity index (χ0) is 19.8. The lowest BCUT2D eigenvalue weighted by molar-refractivity contribution is 0.0916. The van der Waals surface area contributed by atoms with Gasteiger partial charge in [-0.2, -0.15) is 5.10 Å². The second-order valence-corrected chi connectivity index (χ2v) is 8.64. The molecule has 2 aromatic carbocycles. The maximum absolute atomic E-state index is 13.3. The van der Waals surface area contributed by atoms with Gasteiger partial charge in [0.2, 0.25) is 0 Å². The van der Waals surface area contributed by atoms with Crippen LogP contribution in [0.5, 0.6) is 0 Å². The first-order valence-corrected chi connectivity index (χ1v) is 10.7. The summed E-state index contributed by atoms with van der Waals surface area (Å²) >= 11 is 0. The van der Waals surface area contributed by atoms with Crippen LogP contribution in [0.25, 0.3) is 16.9 Å². The summed E-state index contributed by atoms with van der Waals surface area (Å²) in [7, 11) is 0. The lowest BCUT2D eigenvalue weighted by atomic mass is 9.84. The van der Waals surface area contributed by atoms with Crippen molar-refractivity contribution in [2.24, 2.45) is 17.8 Å². The predicted octanol–water partition coefficient (Wildman–Crippen LogP) is 5.09. The van der Waals surface area contributed by atoms with Gasteiger partial charge in [0.15, 0.2) is 0 Å². The molecule has 4 nitrogen and oxygen atoms in total. The molecule has 3 aromatic rings. The Kier molecular flexibility index (Phi) is 4.70. The number of fused-ring (bicyclic) bond motifs is 2. The Balaban J connectivity index is 1.44. The Morgan fingerprint density at radius 2 is 1.76 bits per heavy atom. The van der Waals surface area contributed by atoms with Crippen LogP contribution in [0.1, 0.15) is 43.0 Å². The summed E-state index contributed by atoms with van der Waals surface area (Å²) in [6, 6.07) is 20.1. The van der Waals surface area contributed by atoms with E-state index >= 15 is 0 Å². The molecule has 29 heavy (non-hydrogen) atoms. The molecule has 2 saturated carbocycles. The maximum atomic E-state index is 13.3. The van der Waals surface area contributed by atoms with Gasteiger partial charge < -0.3 is 5.32 Å². The predicted molar refractivity (Wildman–Crippen MR) is 115 cm³/mol. The number of amides is 1. The smallest absolute Gasteiger partial charge is 0.255 e. The summed E-state index contributed by atoms with van der Waals surface area (Å²) in [6.45, 7) is 2.17. The van der Waals surface area contributed by atoms with Crippen molar-refractivity contribution < 1.29 is 4.79 Å². The number of carbonyl (C=O) groups excluding carboxylic acids is 1. The van der Waals surface area contributed by atoms with Crippen LogP contribution in [0.3, 0.4) is 0 Å². The van der Waals surface area contributed by atoms with Crippen molar-refractivity contribution in [2.45, 2.75) is 38.6 Å². The van der Waals surface area contributed by atoms with Crippen molar-refractivity contribution in [3.63, 3.8) is 0 Å². The minimum atomic E-state index is -0.0266. The minimum Gasteiger partial charge on any atom is -0.349 e. The molecule has 1 amide bonds. The molecule has 1 N–H and O–H groups in total. The van der Waals surface area contributed by atoms with Crippen molar-refractivity contribution in [1.82, 2.24) is 15.1 Å². The molecule has 0 saturated heterocycles. The average Bonchev–Trinajstić information content (AvgIpc) is 3.50. The first-order valence-electron chi connectivity index (χ1n) is 10.7. The van der Waals surface area contributed by atoms with Crippen LogP contribution in [-0.2, 0) is 0 Å². The molecule has 4 heteroatoms. The summed E-state index contributed by atoms with van der Waals surface area (Å²) in [4.78, 5) is 13.3. The van der Waals surface area contributed by atoms with Crippen LogP contribution in [0.2, 0.25) is 0 Å². The Labute approximate surface area is 172 Å². The van der Waals surface area contributed by atoms with E-state index in [-0.39, 0.29) is 11.9 Å². The summed E-state index contributed by atoms with van der Waals surface area (Å²) in [5, 5.41) is 8.08. The fraction of sp³-hybridized carbons (Fsp3) is 0.360. The molecule has 0 unspecified atom stereocenters. The number of nitrogens with one attached hydrogen (secondary N) is 1. The summed E-state index contributed by atoms with van der Waals surface area (Å²) in [5.41, 5.74) is 3.27. The van der Waals surface area contributed by atoms with Gasteiger partial charge in [-0.1, -0.05) is 55.0 Å². The van der Waals surface area contributed by atoms with Crippen molar-refractivity contribution in [3.05, 3.63) is 72.4 Å². The van der Waals surface area contributed by atoms with Gasteiger partial charge in [0.1, 0.15) is 5.69 Å².